The maximum atomic E-state index is 11.6. The SMILES string of the molecule is CC/C=C/C/C=C/C/C=C/C/C=C/C/C=C/C/C=C/CCC(=O)OCC1COP(=O)(O)O1. The fourth-order valence-corrected chi connectivity index (χ4v) is 3.52. The summed E-state index contributed by atoms with van der Waals surface area (Å²) in [7, 11) is -3.94. The number of esters is 1. The van der Waals surface area contributed by atoms with Gasteiger partial charge in [-0.15, -0.1) is 0 Å². The summed E-state index contributed by atoms with van der Waals surface area (Å²) >= 11 is 0. The molecule has 1 saturated heterocycles. The predicted molar refractivity (Wildman–Crippen MR) is 129 cm³/mol. The van der Waals surface area contributed by atoms with Gasteiger partial charge in [0.15, 0.2) is 0 Å². The lowest BCUT2D eigenvalue weighted by molar-refractivity contribution is -0.145. The molecule has 1 rings (SSSR count). The molecule has 0 spiro atoms. The zero-order valence-corrected chi connectivity index (χ0v) is 19.9. The highest BCUT2D eigenvalue weighted by Gasteiger charge is 2.35. The average Bonchev–Trinajstić information content (AvgIpc) is 3.12. The van der Waals surface area contributed by atoms with Crippen LogP contribution in [-0.4, -0.2) is 30.2 Å². The summed E-state index contributed by atoms with van der Waals surface area (Å²) in [6.07, 6.45) is 31.5. The quantitative estimate of drug-likeness (QED) is 0.159. The van der Waals surface area contributed by atoms with E-state index in [1.54, 1.807) is 0 Å². The number of carbonyl (C=O) groups excluding carboxylic acids is 1. The van der Waals surface area contributed by atoms with Gasteiger partial charge in [-0.3, -0.25) is 13.8 Å². The fourth-order valence-electron chi connectivity index (χ4n) is 2.60. The second-order valence-corrected chi connectivity index (χ2v) is 8.53. The Kier molecular flexibility index (Phi) is 16.3. The molecule has 1 aliphatic heterocycles. The second kappa shape index (κ2) is 18.6. The van der Waals surface area contributed by atoms with Crippen molar-refractivity contribution < 1.29 is 28.0 Å². The number of rotatable bonds is 16. The zero-order chi connectivity index (χ0) is 23.3. The van der Waals surface area contributed by atoms with Gasteiger partial charge in [0.1, 0.15) is 12.7 Å². The smallest absolute Gasteiger partial charge is 0.463 e. The van der Waals surface area contributed by atoms with Gasteiger partial charge in [0.05, 0.1) is 6.61 Å². The summed E-state index contributed by atoms with van der Waals surface area (Å²) in [5, 5.41) is 0. The molecule has 6 nitrogen and oxygen atoms in total. The van der Waals surface area contributed by atoms with Crippen LogP contribution in [-0.2, 0) is 23.1 Å². The van der Waals surface area contributed by atoms with Crippen molar-refractivity contribution in [1.29, 1.82) is 0 Å². The molecule has 32 heavy (non-hydrogen) atoms. The molecule has 1 aliphatic rings. The Morgan fingerprint density at radius 3 is 1.78 bits per heavy atom. The molecule has 0 aromatic carbocycles. The van der Waals surface area contributed by atoms with Gasteiger partial charge in [0, 0.05) is 6.42 Å². The Morgan fingerprint density at radius 1 is 0.875 bits per heavy atom. The van der Waals surface area contributed by atoms with Gasteiger partial charge >= 0.3 is 13.8 Å². The van der Waals surface area contributed by atoms with Crippen LogP contribution < -0.4 is 0 Å². The van der Waals surface area contributed by atoms with Crippen LogP contribution in [0.3, 0.4) is 0 Å². The van der Waals surface area contributed by atoms with Crippen LogP contribution in [0.25, 0.3) is 0 Å². The van der Waals surface area contributed by atoms with Gasteiger partial charge in [-0.1, -0.05) is 79.8 Å². The third kappa shape index (κ3) is 16.7. The molecule has 1 heterocycles. The zero-order valence-electron chi connectivity index (χ0n) is 19.0. The normalized spacial score (nSPS) is 22.1. The highest BCUT2D eigenvalue weighted by atomic mass is 31.2. The molecule has 0 amide bonds. The highest BCUT2D eigenvalue weighted by molar-refractivity contribution is 7.47. The summed E-state index contributed by atoms with van der Waals surface area (Å²) in [6, 6.07) is 0. The summed E-state index contributed by atoms with van der Waals surface area (Å²) in [4.78, 5) is 20.7. The predicted octanol–water partition coefficient (Wildman–Crippen LogP) is 6.52. The van der Waals surface area contributed by atoms with E-state index in [4.69, 9.17) is 14.2 Å². The van der Waals surface area contributed by atoms with Crippen molar-refractivity contribution in [2.75, 3.05) is 13.2 Å². The maximum absolute atomic E-state index is 11.6. The van der Waals surface area contributed by atoms with Crippen LogP contribution in [0.15, 0.2) is 72.9 Å². The van der Waals surface area contributed by atoms with Gasteiger partial charge in [-0.25, -0.2) is 4.57 Å². The molecule has 178 valence electrons. The van der Waals surface area contributed by atoms with Gasteiger partial charge in [-0.05, 0) is 44.9 Å². The molecule has 1 N–H and O–H groups in total. The third-order valence-electron chi connectivity index (χ3n) is 4.25. The number of ether oxygens (including phenoxy) is 1. The Balaban J connectivity index is 1.96. The van der Waals surface area contributed by atoms with Crippen LogP contribution in [0.2, 0.25) is 0 Å². The molecule has 0 aromatic rings. The minimum atomic E-state index is -3.94. The lowest BCUT2D eigenvalue weighted by atomic mass is 10.2. The number of hydrogen-bond donors (Lipinski definition) is 1. The molecule has 0 bridgehead atoms. The van der Waals surface area contributed by atoms with E-state index >= 15 is 0 Å². The highest BCUT2D eigenvalue weighted by Crippen LogP contribution is 2.49. The van der Waals surface area contributed by atoms with E-state index < -0.39 is 13.9 Å². The van der Waals surface area contributed by atoms with E-state index in [1.165, 1.54) is 0 Å². The van der Waals surface area contributed by atoms with E-state index in [9.17, 15) is 9.36 Å². The first-order chi connectivity index (χ1) is 15.5. The lowest BCUT2D eigenvalue weighted by Gasteiger charge is -2.08. The molecule has 2 atom stereocenters. The van der Waals surface area contributed by atoms with E-state index in [1.807, 2.05) is 12.2 Å². The first-order valence-corrected chi connectivity index (χ1v) is 12.7. The largest absolute Gasteiger partial charge is 0.472 e. The Morgan fingerprint density at radius 2 is 1.34 bits per heavy atom. The number of allylic oxidation sites excluding steroid dienone is 12. The number of hydrogen-bond acceptors (Lipinski definition) is 5. The van der Waals surface area contributed by atoms with Gasteiger partial charge in [-0.2, -0.15) is 0 Å². The van der Waals surface area contributed by atoms with Gasteiger partial charge in [0.2, 0.25) is 0 Å². The van der Waals surface area contributed by atoms with Crippen molar-refractivity contribution in [1.82, 2.24) is 0 Å². The minimum Gasteiger partial charge on any atom is -0.463 e. The molecule has 0 radical (unpaired) electrons. The first kappa shape index (κ1) is 28.1. The maximum Gasteiger partial charge on any atom is 0.472 e. The van der Waals surface area contributed by atoms with Crippen LogP contribution in [0.4, 0.5) is 0 Å². The first-order valence-electron chi connectivity index (χ1n) is 11.2. The monoisotopic (exact) mass is 464 g/mol. The number of phosphoric ester groups is 1. The molecule has 0 aromatic heterocycles. The van der Waals surface area contributed by atoms with Crippen LogP contribution >= 0.6 is 7.82 Å². The summed E-state index contributed by atoms with van der Waals surface area (Å²) in [6.45, 7) is 2.02. The van der Waals surface area contributed by atoms with Gasteiger partial charge in [0.25, 0.3) is 0 Å². The molecule has 7 heteroatoms. The van der Waals surface area contributed by atoms with E-state index in [2.05, 4.69) is 72.2 Å². The van der Waals surface area contributed by atoms with Crippen molar-refractivity contribution in [2.45, 2.75) is 64.4 Å². The van der Waals surface area contributed by atoms with Gasteiger partial charge < -0.3 is 9.63 Å². The number of carbonyl (C=O) groups is 1. The summed E-state index contributed by atoms with van der Waals surface area (Å²) < 4.78 is 25.4. The molecule has 0 saturated carbocycles. The molecule has 2 unspecified atom stereocenters. The third-order valence-corrected chi connectivity index (χ3v) is 5.29. The van der Waals surface area contributed by atoms with Crippen LogP contribution in [0.5, 0.6) is 0 Å². The molecule has 0 aliphatic carbocycles. The van der Waals surface area contributed by atoms with Crippen molar-refractivity contribution in [3.8, 4) is 0 Å². The summed E-state index contributed by atoms with van der Waals surface area (Å²) in [5.74, 6) is -0.368. The van der Waals surface area contributed by atoms with E-state index in [-0.39, 0.29) is 25.6 Å². The van der Waals surface area contributed by atoms with E-state index in [0.717, 1.165) is 38.5 Å². The van der Waals surface area contributed by atoms with Crippen molar-refractivity contribution in [3.63, 3.8) is 0 Å². The second-order valence-electron chi connectivity index (χ2n) is 7.13. The minimum absolute atomic E-state index is 0.0474. The molecular weight excluding hydrogens is 427 g/mol. The standard InChI is InChI=1S/C25H37O6P/c1-2-3-4-5-6-7-8-9-10-11-12-13-14-15-16-17-18-19-20-21-25(26)29-22-24-23-30-32(27,28)31-24/h3-4,6-7,9-10,12-13,15-16,18-19,24H,2,5,8,11,14,17,20-23H2,1H3,(H,27,28)/b4-3+,7-6+,10-9+,13-12+,16-15+,19-18+. The van der Waals surface area contributed by atoms with Crippen molar-refractivity contribution in [3.05, 3.63) is 72.9 Å². The average molecular weight is 465 g/mol. The lowest BCUT2D eigenvalue weighted by Crippen LogP contribution is -2.20. The molecular formula is C25H37O6P. The summed E-state index contributed by atoms with van der Waals surface area (Å²) in [5.41, 5.74) is 0. The Hall–Kier alpha value is -1.98. The van der Waals surface area contributed by atoms with Crippen molar-refractivity contribution >= 4 is 13.8 Å². The van der Waals surface area contributed by atoms with Crippen molar-refractivity contribution in [2.24, 2.45) is 0 Å². The fraction of sp³-hybridized carbons (Fsp3) is 0.480. The van der Waals surface area contributed by atoms with Crippen LogP contribution in [0, 0.1) is 0 Å². The molecule has 1 fully saturated rings. The Bertz CT molecular complexity index is 733. The topological polar surface area (TPSA) is 82.1 Å². The number of phosphoric acid groups is 1. The Labute approximate surface area is 192 Å². The van der Waals surface area contributed by atoms with Crippen LogP contribution in [0.1, 0.15) is 58.3 Å². The van der Waals surface area contributed by atoms with E-state index in [0.29, 0.717) is 6.42 Å².